The van der Waals surface area contributed by atoms with E-state index < -0.39 is 5.97 Å². The fourth-order valence-corrected chi connectivity index (χ4v) is 1.90. The van der Waals surface area contributed by atoms with Crippen molar-refractivity contribution in [3.05, 3.63) is 12.2 Å². The summed E-state index contributed by atoms with van der Waals surface area (Å²) in [7, 11) is 1.55. The van der Waals surface area contributed by atoms with Crippen LogP contribution in [-0.2, 0) is 38.1 Å². The van der Waals surface area contributed by atoms with Crippen LogP contribution < -0.4 is 5.32 Å². The molecule has 2 amide bonds. The van der Waals surface area contributed by atoms with Gasteiger partial charge in [-0.3, -0.25) is 19.2 Å². The molecule has 0 aromatic rings. The highest BCUT2D eigenvalue weighted by Gasteiger charge is 2.07. The largest absolute Gasteiger partial charge is 0.481 e. The molecule has 0 aliphatic heterocycles. The number of hydrogen-bond donors (Lipinski definition) is 2. The van der Waals surface area contributed by atoms with Gasteiger partial charge in [-0.25, -0.2) is 0 Å². The van der Waals surface area contributed by atoms with Crippen LogP contribution in [0.3, 0.4) is 0 Å². The number of nitrogens with zero attached hydrogens (tertiary/aromatic N) is 1. The van der Waals surface area contributed by atoms with E-state index in [2.05, 4.69) is 5.32 Å². The maximum atomic E-state index is 11.7. The number of aliphatic carboxylic acids is 1. The summed E-state index contributed by atoms with van der Waals surface area (Å²) in [6, 6.07) is 0. The van der Waals surface area contributed by atoms with Crippen LogP contribution in [0.5, 0.6) is 0 Å². The van der Waals surface area contributed by atoms with Gasteiger partial charge in [-0.05, 0) is 6.08 Å². The van der Waals surface area contributed by atoms with Crippen LogP contribution in [0.1, 0.15) is 26.7 Å². The van der Waals surface area contributed by atoms with E-state index in [1.165, 1.54) is 4.90 Å². The molecular weight excluding hydrogens is 424 g/mol. The summed E-state index contributed by atoms with van der Waals surface area (Å²) < 4.78 is 21.0. The monoisotopic (exact) mass is 462 g/mol. The van der Waals surface area contributed by atoms with E-state index >= 15 is 0 Å². The Morgan fingerprint density at radius 2 is 1.34 bits per heavy atom. The number of ether oxygens (including phenoxy) is 4. The number of carboxylic acid groups (broad SMARTS) is 1. The molecule has 32 heavy (non-hydrogen) atoms. The van der Waals surface area contributed by atoms with Crippen molar-refractivity contribution >= 4 is 24.1 Å². The minimum Gasteiger partial charge on any atom is -0.481 e. The maximum absolute atomic E-state index is 11.7. The third kappa shape index (κ3) is 23.9. The van der Waals surface area contributed by atoms with E-state index in [1.54, 1.807) is 7.05 Å². The molecule has 11 heteroatoms. The Balaban J connectivity index is 0. The number of nitrogens with one attached hydrogen (secondary N) is 1. The summed E-state index contributed by atoms with van der Waals surface area (Å²) in [6.07, 6.45) is 2.90. The Bertz CT molecular complexity index is 527. The third-order valence-electron chi connectivity index (χ3n) is 3.51. The number of hydrogen-bond acceptors (Lipinski definition) is 8. The van der Waals surface area contributed by atoms with Crippen LogP contribution in [0.2, 0.25) is 0 Å². The minimum atomic E-state index is -0.893. The van der Waals surface area contributed by atoms with Gasteiger partial charge in [-0.15, -0.1) is 0 Å². The van der Waals surface area contributed by atoms with Crippen LogP contribution in [0.15, 0.2) is 12.2 Å². The quantitative estimate of drug-likeness (QED) is 0.148. The summed E-state index contributed by atoms with van der Waals surface area (Å²) in [5.74, 6) is -1.43. The number of carbonyl (C=O) groups is 4. The minimum absolute atomic E-state index is 0.0214. The van der Waals surface area contributed by atoms with E-state index in [0.717, 1.165) is 12.2 Å². The van der Waals surface area contributed by atoms with E-state index in [9.17, 15) is 19.2 Å². The second-order valence-electron chi connectivity index (χ2n) is 5.95. The lowest BCUT2D eigenvalue weighted by atomic mass is 10.3. The first kappa shape index (κ1) is 31.8. The number of allylic oxidation sites excluding steroid dienone is 1. The molecule has 0 atom stereocenters. The lowest BCUT2D eigenvalue weighted by Gasteiger charge is -2.14. The van der Waals surface area contributed by atoms with Gasteiger partial charge in [-0.2, -0.15) is 0 Å². The van der Waals surface area contributed by atoms with Crippen molar-refractivity contribution < 1.29 is 43.2 Å². The average molecular weight is 463 g/mol. The average Bonchev–Trinajstić information content (AvgIpc) is 2.79. The Morgan fingerprint density at radius 3 is 1.84 bits per heavy atom. The van der Waals surface area contributed by atoms with Gasteiger partial charge in [0.05, 0.1) is 59.3 Å². The Kier molecular flexibility index (Phi) is 24.8. The van der Waals surface area contributed by atoms with Crippen molar-refractivity contribution in [1.29, 1.82) is 0 Å². The smallest absolute Gasteiger partial charge is 0.305 e. The van der Waals surface area contributed by atoms with E-state index in [-0.39, 0.29) is 37.8 Å². The molecule has 0 heterocycles. The fraction of sp³-hybridized carbons (Fsp3) is 0.714. The number of rotatable bonds is 20. The molecule has 0 saturated heterocycles. The van der Waals surface area contributed by atoms with Crippen LogP contribution >= 0.6 is 0 Å². The molecule has 186 valence electrons. The van der Waals surface area contributed by atoms with Crippen LogP contribution in [0.25, 0.3) is 0 Å². The summed E-state index contributed by atoms with van der Waals surface area (Å²) in [5, 5.41) is 11.1. The number of carboxylic acids is 1. The Morgan fingerprint density at radius 1 is 0.844 bits per heavy atom. The second-order valence-corrected chi connectivity index (χ2v) is 5.95. The molecule has 0 aliphatic carbocycles. The Hall–Kier alpha value is -2.34. The van der Waals surface area contributed by atoms with Crippen molar-refractivity contribution in [2.24, 2.45) is 0 Å². The zero-order valence-corrected chi connectivity index (χ0v) is 19.4. The van der Waals surface area contributed by atoms with E-state index in [0.29, 0.717) is 59.1 Å². The molecule has 0 bridgehead atoms. The van der Waals surface area contributed by atoms with Gasteiger partial charge >= 0.3 is 5.97 Å². The number of carbonyl (C=O) groups excluding carboxylic acids is 3. The van der Waals surface area contributed by atoms with E-state index in [4.69, 9.17) is 24.1 Å². The van der Waals surface area contributed by atoms with Crippen molar-refractivity contribution in [3.63, 3.8) is 0 Å². The van der Waals surface area contributed by atoms with Crippen molar-refractivity contribution in [2.45, 2.75) is 26.7 Å². The van der Waals surface area contributed by atoms with Gasteiger partial charge in [0.2, 0.25) is 11.8 Å². The van der Waals surface area contributed by atoms with E-state index in [1.807, 2.05) is 13.8 Å². The predicted octanol–water partition coefficient (Wildman–Crippen LogP) is 0.274. The molecule has 0 unspecified atom stereocenters. The molecule has 0 radical (unpaired) electrons. The van der Waals surface area contributed by atoms with Crippen molar-refractivity contribution in [3.8, 4) is 0 Å². The third-order valence-corrected chi connectivity index (χ3v) is 3.51. The number of aldehydes is 1. The van der Waals surface area contributed by atoms with Crippen molar-refractivity contribution in [2.75, 3.05) is 73.0 Å². The summed E-state index contributed by atoms with van der Waals surface area (Å²) in [5.41, 5.74) is 0. The van der Waals surface area contributed by atoms with Gasteiger partial charge in [0.15, 0.2) is 0 Å². The molecule has 0 fully saturated rings. The lowest BCUT2D eigenvalue weighted by Crippen LogP contribution is -2.33. The maximum Gasteiger partial charge on any atom is 0.305 e. The fourth-order valence-electron chi connectivity index (χ4n) is 1.90. The molecular formula is C21H38N2O9. The molecule has 0 aromatic carbocycles. The van der Waals surface area contributed by atoms with Gasteiger partial charge in [-0.1, -0.05) is 13.8 Å². The first-order valence-corrected chi connectivity index (χ1v) is 10.6. The number of likely N-dealkylation sites (N-methyl/N-ethyl adjacent to an activating group) is 1. The standard InChI is InChI=1S/C19H32N2O9.C2H6/c1-21(18(24)3-2-8-22)7-4-17(23)20-6-10-28-12-14-30-16-15-29-13-11-27-9-5-19(25)26;1-2/h2-3,8H,4-7,9-16H2,1H3,(H,20,23)(H,25,26);1-2H3/b3-2-;. The normalized spacial score (nSPS) is 10.3. The van der Waals surface area contributed by atoms with Gasteiger partial charge in [0.25, 0.3) is 0 Å². The SMILES string of the molecule is CC.CN(CCC(=O)NCCOCCOCCOCCOCCC(=O)O)C(=O)/C=C\C=O. The van der Waals surface area contributed by atoms with Crippen LogP contribution in [0.4, 0.5) is 0 Å². The van der Waals surface area contributed by atoms with Crippen LogP contribution in [0, 0.1) is 0 Å². The Labute approximate surface area is 190 Å². The zero-order valence-electron chi connectivity index (χ0n) is 19.4. The molecule has 2 N–H and O–H groups in total. The highest BCUT2D eigenvalue weighted by atomic mass is 16.6. The first-order valence-electron chi connectivity index (χ1n) is 10.6. The lowest BCUT2D eigenvalue weighted by molar-refractivity contribution is -0.138. The van der Waals surface area contributed by atoms with Gasteiger partial charge in [0.1, 0.15) is 6.29 Å². The zero-order chi connectivity index (χ0) is 24.5. The topological polar surface area (TPSA) is 141 Å². The van der Waals surface area contributed by atoms with Crippen molar-refractivity contribution in [1.82, 2.24) is 10.2 Å². The molecule has 0 aliphatic rings. The van der Waals surface area contributed by atoms with Crippen LogP contribution in [-0.4, -0.2) is 107 Å². The highest BCUT2D eigenvalue weighted by molar-refractivity contribution is 5.91. The second kappa shape index (κ2) is 24.9. The molecule has 11 nitrogen and oxygen atoms in total. The highest BCUT2D eigenvalue weighted by Crippen LogP contribution is 1.91. The summed E-state index contributed by atoms with van der Waals surface area (Å²) >= 11 is 0. The molecule has 0 spiro atoms. The molecule has 0 saturated carbocycles. The molecule has 0 aromatic heterocycles. The summed E-state index contributed by atoms with van der Waals surface area (Å²) in [4.78, 5) is 45.0. The predicted molar refractivity (Wildman–Crippen MR) is 117 cm³/mol. The first-order chi connectivity index (χ1) is 15.5. The molecule has 0 rings (SSSR count). The van der Waals surface area contributed by atoms with Gasteiger partial charge < -0.3 is 34.3 Å². The number of amides is 2. The van der Waals surface area contributed by atoms with Gasteiger partial charge in [0, 0.05) is 32.6 Å². The summed E-state index contributed by atoms with van der Waals surface area (Å²) in [6.45, 7) is 7.42.